The molecule has 0 aliphatic heterocycles. The summed E-state index contributed by atoms with van der Waals surface area (Å²) in [5.74, 6) is 1.95. The van der Waals surface area contributed by atoms with Crippen molar-refractivity contribution in [1.82, 2.24) is 0 Å². The summed E-state index contributed by atoms with van der Waals surface area (Å²) in [6, 6.07) is 0. The van der Waals surface area contributed by atoms with Crippen molar-refractivity contribution in [3.05, 3.63) is 0 Å². The van der Waals surface area contributed by atoms with E-state index in [1.54, 1.807) is 0 Å². The second kappa shape index (κ2) is 10.5. The Balaban J connectivity index is 3.53. The van der Waals surface area contributed by atoms with E-state index in [2.05, 4.69) is 27.7 Å². The molecule has 0 saturated carbocycles. The molecule has 0 bridgehead atoms. The van der Waals surface area contributed by atoms with Crippen molar-refractivity contribution in [2.75, 3.05) is 0 Å². The lowest BCUT2D eigenvalue weighted by molar-refractivity contribution is 0.335. The van der Waals surface area contributed by atoms with Crippen molar-refractivity contribution in [2.24, 2.45) is 11.8 Å². The molecule has 0 fully saturated rings. The average Bonchev–Trinajstić information content (AvgIpc) is 2.23. The summed E-state index contributed by atoms with van der Waals surface area (Å²) in [5, 5.41) is 0. The first-order valence-electron chi connectivity index (χ1n) is 7.24. The van der Waals surface area contributed by atoms with Crippen LogP contribution in [0.5, 0.6) is 0 Å². The molecule has 0 heteroatoms. The van der Waals surface area contributed by atoms with Gasteiger partial charge in [-0.15, -0.1) is 0 Å². The second-order valence-corrected chi connectivity index (χ2v) is 5.25. The second-order valence-electron chi connectivity index (χ2n) is 5.25. The molecule has 0 rings (SSSR count). The topological polar surface area (TPSA) is 0 Å². The minimum atomic E-state index is 0.950. The Morgan fingerprint density at radius 3 is 2.07 bits per heavy atom. The quantitative estimate of drug-likeness (QED) is 0.401. The molecule has 0 aromatic heterocycles. The number of rotatable bonds is 10. The maximum absolute atomic E-state index is 2.43. The molecule has 0 saturated heterocycles. The SMILES string of the molecule is CCCCCCC(CC)CC(C)CCC. The minimum absolute atomic E-state index is 0.950. The highest BCUT2D eigenvalue weighted by molar-refractivity contribution is 4.62. The lowest BCUT2D eigenvalue weighted by Crippen LogP contribution is -2.05. The third kappa shape index (κ3) is 8.96. The van der Waals surface area contributed by atoms with Gasteiger partial charge in [0.1, 0.15) is 0 Å². The van der Waals surface area contributed by atoms with E-state index in [1.807, 2.05) is 0 Å². The molecule has 15 heavy (non-hydrogen) atoms. The first-order chi connectivity index (χ1) is 7.24. The lowest BCUT2D eigenvalue weighted by atomic mass is 9.87. The van der Waals surface area contributed by atoms with Crippen molar-refractivity contribution < 1.29 is 0 Å². The first-order valence-corrected chi connectivity index (χ1v) is 7.24. The van der Waals surface area contributed by atoms with Gasteiger partial charge in [-0.05, 0) is 18.3 Å². The predicted octanol–water partition coefficient (Wildman–Crippen LogP) is 5.81. The fourth-order valence-electron chi connectivity index (χ4n) is 2.53. The summed E-state index contributed by atoms with van der Waals surface area (Å²) in [5.41, 5.74) is 0. The van der Waals surface area contributed by atoms with Crippen LogP contribution in [-0.4, -0.2) is 0 Å². The molecule has 0 radical (unpaired) electrons. The molecule has 0 heterocycles. The van der Waals surface area contributed by atoms with Crippen LogP contribution >= 0.6 is 0 Å². The van der Waals surface area contributed by atoms with Crippen molar-refractivity contribution >= 4 is 0 Å². The normalized spacial score (nSPS) is 15.2. The summed E-state index contributed by atoms with van der Waals surface area (Å²) in [4.78, 5) is 0. The molecule has 0 aliphatic rings. The Morgan fingerprint density at radius 2 is 1.53 bits per heavy atom. The molecule has 0 aromatic carbocycles. The molecule has 2 atom stereocenters. The molecule has 0 amide bonds. The predicted molar refractivity (Wildman–Crippen MR) is 71.2 cm³/mol. The van der Waals surface area contributed by atoms with Gasteiger partial charge in [0.2, 0.25) is 0 Å². The fourth-order valence-corrected chi connectivity index (χ4v) is 2.53. The van der Waals surface area contributed by atoms with E-state index in [0.29, 0.717) is 0 Å². The zero-order valence-corrected chi connectivity index (χ0v) is 11.5. The van der Waals surface area contributed by atoms with E-state index in [-0.39, 0.29) is 0 Å². The van der Waals surface area contributed by atoms with Crippen molar-refractivity contribution in [2.45, 2.75) is 85.5 Å². The smallest absolute Gasteiger partial charge is 0.0414 e. The van der Waals surface area contributed by atoms with Crippen LogP contribution in [0.3, 0.4) is 0 Å². The van der Waals surface area contributed by atoms with Crippen LogP contribution in [0.25, 0.3) is 0 Å². The minimum Gasteiger partial charge on any atom is -0.0654 e. The Morgan fingerprint density at radius 1 is 0.800 bits per heavy atom. The Bertz CT molecular complexity index is 117. The van der Waals surface area contributed by atoms with Gasteiger partial charge < -0.3 is 0 Å². The van der Waals surface area contributed by atoms with E-state index in [4.69, 9.17) is 0 Å². The maximum Gasteiger partial charge on any atom is -0.0414 e. The van der Waals surface area contributed by atoms with Gasteiger partial charge >= 0.3 is 0 Å². The van der Waals surface area contributed by atoms with Crippen LogP contribution in [0, 0.1) is 11.8 Å². The molecule has 0 nitrogen and oxygen atoms in total. The molecular weight excluding hydrogens is 180 g/mol. The zero-order valence-electron chi connectivity index (χ0n) is 11.5. The average molecular weight is 212 g/mol. The molecule has 0 spiro atoms. The summed E-state index contributed by atoms with van der Waals surface area (Å²) in [6.45, 7) is 9.39. The number of hydrogen-bond acceptors (Lipinski definition) is 0. The van der Waals surface area contributed by atoms with E-state index >= 15 is 0 Å². The van der Waals surface area contributed by atoms with Crippen molar-refractivity contribution in [3.8, 4) is 0 Å². The van der Waals surface area contributed by atoms with Gasteiger partial charge in [-0.1, -0.05) is 79.1 Å². The standard InChI is InChI=1S/C15H32/c1-5-8-9-10-12-15(7-3)13-14(4)11-6-2/h14-15H,5-13H2,1-4H3. The van der Waals surface area contributed by atoms with E-state index < -0.39 is 0 Å². The Labute approximate surface area is 97.8 Å². The molecule has 92 valence electrons. The molecular formula is C15H32. The molecule has 0 aliphatic carbocycles. The van der Waals surface area contributed by atoms with Crippen molar-refractivity contribution in [1.29, 1.82) is 0 Å². The van der Waals surface area contributed by atoms with Gasteiger partial charge in [0, 0.05) is 0 Å². The monoisotopic (exact) mass is 212 g/mol. The molecule has 0 N–H and O–H groups in total. The van der Waals surface area contributed by atoms with Crippen LogP contribution in [0.2, 0.25) is 0 Å². The van der Waals surface area contributed by atoms with Gasteiger partial charge in [-0.2, -0.15) is 0 Å². The maximum atomic E-state index is 2.43. The molecule has 2 unspecified atom stereocenters. The van der Waals surface area contributed by atoms with Gasteiger partial charge in [0.25, 0.3) is 0 Å². The third-order valence-electron chi connectivity index (χ3n) is 3.56. The summed E-state index contributed by atoms with van der Waals surface area (Å²) in [6.07, 6.45) is 12.8. The zero-order chi connectivity index (χ0) is 11.5. The summed E-state index contributed by atoms with van der Waals surface area (Å²) in [7, 11) is 0. The number of unbranched alkanes of at least 4 members (excludes halogenated alkanes) is 3. The van der Waals surface area contributed by atoms with Gasteiger partial charge in [0.05, 0.1) is 0 Å². The van der Waals surface area contributed by atoms with Crippen LogP contribution in [0.4, 0.5) is 0 Å². The highest BCUT2D eigenvalue weighted by Gasteiger charge is 2.10. The summed E-state index contributed by atoms with van der Waals surface area (Å²) < 4.78 is 0. The third-order valence-corrected chi connectivity index (χ3v) is 3.56. The van der Waals surface area contributed by atoms with Crippen LogP contribution < -0.4 is 0 Å². The lowest BCUT2D eigenvalue weighted by Gasteiger charge is -2.19. The van der Waals surface area contributed by atoms with Gasteiger partial charge in [-0.3, -0.25) is 0 Å². The van der Waals surface area contributed by atoms with Gasteiger partial charge in [-0.25, -0.2) is 0 Å². The van der Waals surface area contributed by atoms with Crippen LogP contribution in [0.15, 0.2) is 0 Å². The van der Waals surface area contributed by atoms with E-state index in [1.165, 1.54) is 57.8 Å². The van der Waals surface area contributed by atoms with E-state index in [9.17, 15) is 0 Å². The first kappa shape index (κ1) is 15.0. The van der Waals surface area contributed by atoms with Crippen LogP contribution in [-0.2, 0) is 0 Å². The van der Waals surface area contributed by atoms with Gasteiger partial charge in [0.15, 0.2) is 0 Å². The number of hydrogen-bond donors (Lipinski definition) is 0. The Kier molecular flexibility index (Phi) is 10.5. The molecule has 0 aromatic rings. The summed E-state index contributed by atoms with van der Waals surface area (Å²) >= 11 is 0. The highest BCUT2D eigenvalue weighted by Crippen LogP contribution is 2.24. The fraction of sp³-hybridized carbons (Fsp3) is 1.00. The highest BCUT2D eigenvalue weighted by atomic mass is 14.2. The van der Waals surface area contributed by atoms with Crippen LogP contribution in [0.1, 0.15) is 85.5 Å². The van der Waals surface area contributed by atoms with Crippen molar-refractivity contribution in [3.63, 3.8) is 0 Å². The largest absolute Gasteiger partial charge is 0.0654 e. The Hall–Kier alpha value is 0. The van der Waals surface area contributed by atoms with E-state index in [0.717, 1.165) is 11.8 Å².